The smallest absolute Gasteiger partial charge is 0.261 e. The lowest BCUT2D eigenvalue weighted by Gasteiger charge is -2.22. The number of aromatic nitrogens is 2. The van der Waals surface area contributed by atoms with Gasteiger partial charge in [-0.1, -0.05) is 18.2 Å². The number of para-hydroxylation sites is 1. The molecule has 3 rings (SSSR count). The van der Waals surface area contributed by atoms with Gasteiger partial charge in [-0.25, -0.2) is 4.98 Å². The van der Waals surface area contributed by atoms with Crippen molar-refractivity contribution in [3.05, 3.63) is 63.3 Å². The highest BCUT2D eigenvalue weighted by molar-refractivity contribution is 7.10. The van der Waals surface area contributed by atoms with Gasteiger partial charge in [0.05, 0.1) is 23.8 Å². The van der Waals surface area contributed by atoms with E-state index in [0.29, 0.717) is 10.9 Å². The summed E-state index contributed by atoms with van der Waals surface area (Å²) in [6.07, 6.45) is 1.36. The molecule has 0 saturated heterocycles. The largest absolute Gasteiger partial charge is 0.383 e. The first-order valence-corrected chi connectivity index (χ1v) is 8.32. The van der Waals surface area contributed by atoms with Crippen LogP contribution in [0.1, 0.15) is 11.8 Å². The summed E-state index contributed by atoms with van der Waals surface area (Å²) in [6, 6.07) is 10.7. The van der Waals surface area contributed by atoms with Gasteiger partial charge in [0.1, 0.15) is 12.1 Å². The zero-order valence-corrected chi connectivity index (χ0v) is 13.9. The summed E-state index contributed by atoms with van der Waals surface area (Å²) in [5.41, 5.74) is -0.809. The lowest BCUT2D eigenvalue weighted by molar-refractivity contribution is -0.122. The van der Waals surface area contributed by atoms with Gasteiger partial charge in [-0.15, -0.1) is 11.3 Å². The van der Waals surface area contributed by atoms with Crippen molar-refractivity contribution in [2.24, 2.45) is 0 Å². The van der Waals surface area contributed by atoms with Crippen LogP contribution in [0.25, 0.3) is 10.9 Å². The van der Waals surface area contributed by atoms with Gasteiger partial charge in [0.2, 0.25) is 5.91 Å². The SMILES string of the molecule is CC(O)(CNC(=O)Cn1cnc2ccccc2c1=O)c1cccs1. The lowest BCUT2D eigenvalue weighted by Crippen LogP contribution is -2.40. The molecular weight excluding hydrogens is 326 g/mol. The van der Waals surface area contributed by atoms with Crippen molar-refractivity contribution in [1.29, 1.82) is 0 Å². The van der Waals surface area contributed by atoms with E-state index in [-0.39, 0.29) is 24.6 Å². The number of amides is 1. The van der Waals surface area contributed by atoms with Crippen molar-refractivity contribution in [2.45, 2.75) is 19.1 Å². The monoisotopic (exact) mass is 343 g/mol. The first-order valence-electron chi connectivity index (χ1n) is 7.44. The molecule has 0 aliphatic heterocycles. The predicted molar refractivity (Wildman–Crippen MR) is 92.9 cm³/mol. The fourth-order valence-electron chi connectivity index (χ4n) is 2.37. The fourth-order valence-corrected chi connectivity index (χ4v) is 3.16. The van der Waals surface area contributed by atoms with E-state index in [0.717, 1.165) is 4.88 Å². The van der Waals surface area contributed by atoms with E-state index >= 15 is 0 Å². The molecule has 0 bridgehead atoms. The molecule has 1 aromatic carbocycles. The van der Waals surface area contributed by atoms with Gasteiger partial charge in [-0.2, -0.15) is 0 Å². The molecule has 2 heterocycles. The number of nitrogens with one attached hydrogen (secondary N) is 1. The minimum atomic E-state index is -1.14. The van der Waals surface area contributed by atoms with Gasteiger partial charge >= 0.3 is 0 Å². The minimum absolute atomic E-state index is 0.0715. The van der Waals surface area contributed by atoms with Gasteiger partial charge in [0.25, 0.3) is 5.56 Å². The second-order valence-corrected chi connectivity index (χ2v) is 6.67. The Balaban J connectivity index is 1.69. The van der Waals surface area contributed by atoms with Crippen LogP contribution in [0.15, 0.2) is 52.9 Å². The van der Waals surface area contributed by atoms with E-state index in [2.05, 4.69) is 10.3 Å². The fraction of sp³-hybridized carbons (Fsp3) is 0.235. The number of nitrogens with zero attached hydrogens (tertiary/aromatic N) is 2. The van der Waals surface area contributed by atoms with E-state index in [4.69, 9.17) is 0 Å². The van der Waals surface area contributed by atoms with Crippen molar-refractivity contribution in [3.63, 3.8) is 0 Å². The molecule has 0 spiro atoms. The summed E-state index contributed by atoms with van der Waals surface area (Å²) < 4.78 is 1.26. The number of fused-ring (bicyclic) bond motifs is 1. The summed E-state index contributed by atoms with van der Waals surface area (Å²) in [7, 11) is 0. The summed E-state index contributed by atoms with van der Waals surface area (Å²) in [4.78, 5) is 29.4. The molecule has 0 saturated carbocycles. The highest BCUT2D eigenvalue weighted by Crippen LogP contribution is 2.24. The maximum Gasteiger partial charge on any atom is 0.261 e. The second kappa shape index (κ2) is 6.54. The molecule has 1 amide bonds. The van der Waals surface area contributed by atoms with Crippen LogP contribution >= 0.6 is 11.3 Å². The predicted octanol–water partition coefficient (Wildman–Crippen LogP) is 1.48. The number of rotatable bonds is 5. The summed E-state index contributed by atoms with van der Waals surface area (Å²) >= 11 is 1.42. The Kier molecular flexibility index (Phi) is 4.46. The first kappa shape index (κ1) is 16.4. The van der Waals surface area contributed by atoms with Gasteiger partial charge < -0.3 is 10.4 Å². The van der Waals surface area contributed by atoms with Crippen LogP contribution in [0.2, 0.25) is 0 Å². The zero-order chi connectivity index (χ0) is 17.2. The maximum atomic E-state index is 12.3. The van der Waals surface area contributed by atoms with Crippen molar-refractivity contribution >= 4 is 28.1 Å². The highest BCUT2D eigenvalue weighted by Gasteiger charge is 2.24. The highest BCUT2D eigenvalue weighted by atomic mass is 32.1. The van der Waals surface area contributed by atoms with Crippen LogP contribution in [0.5, 0.6) is 0 Å². The summed E-state index contributed by atoms with van der Waals surface area (Å²) in [6.45, 7) is 1.57. The molecule has 2 N–H and O–H groups in total. The number of carbonyl (C=O) groups is 1. The normalized spacial score (nSPS) is 13.6. The molecule has 7 heteroatoms. The van der Waals surface area contributed by atoms with Crippen LogP contribution in [0.4, 0.5) is 0 Å². The summed E-state index contributed by atoms with van der Waals surface area (Å²) in [5.74, 6) is -0.356. The average Bonchev–Trinajstić information content (AvgIpc) is 3.11. The topological polar surface area (TPSA) is 84.2 Å². The molecule has 6 nitrogen and oxygen atoms in total. The molecule has 0 aliphatic carbocycles. The Morgan fingerprint density at radius 2 is 2.12 bits per heavy atom. The number of benzene rings is 1. The molecule has 24 heavy (non-hydrogen) atoms. The van der Waals surface area contributed by atoms with Crippen LogP contribution < -0.4 is 10.9 Å². The van der Waals surface area contributed by atoms with Crippen LogP contribution in [0, 0.1) is 0 Å². The average molecular weight is 343 g/mol. The third kappa shape index (κ3) is 3.37. The molecule has 124 valence electrons. The Morgan fingerprint density at radius 1 is 1.33 bits per heavy atom. The van der Waals surface area contributed by atoms with E-state index in [1.807, 2.05) is 17.5 Å². The van der Waals surface area contributed by atoms with Crippen LogP contribution in [0.3, 0.4) is 0 Å². The van der Waals surface area contributed by atoms with Crippen molar-refractivity contribution in [2.75, 3.05) is 6.54 Å². The number of aliphatic hydroxyl groups is 1. The van der Waals surface area contributed by atoms with E-state index < -0.39 is 5.60 Å². The number of carbonyl (C=O) groups excluding carboxylic acids is 1. The minimum Gasteiger partial charge on any atom is -0.383 e. The molecular formula is C17H17N3O3S. The van der Waals surface area contributed by atoms with Gasteiger partial charge in [-0.3, -0.25) is 14.2 Å². The van der Waals surface area contributed by atoms with E-state index in [1.54, 1.807) is 31.2 Å². The quantitative estimate of drug-likeness (QED) is 0.735. The van der Waals surface area contributed by atoms with Crippen molar-refractivity contribution in [3.8, 4) is 0 Å². The van der Waals surface area contributed by atoms with Crippen molar-refractivity contribution < 1.29 is 9.90 Å². The Bertz CT molecular complexity index is 916. The molecule has 1 atom stereocenters. The number of thiophene rings is 1. The lowest BCUT2D eigenvalue weighted by atomic mass is 10.1. The van der Waals surface area contributed by atoms with Crippen LogP contribution in [-0.4, -0.2) is 27.1 Å². The molecule has 0 radical (unpaired) electrons. The number of hydrogen-bond donors (Lipinski definition) is 2. The van der Waals surface area contributed by atoms with E-state index in [1.165, 1.54) is 22.2 Å². The van der Waals surface area contributed by atoms with Gasteiger partial charge in [-0.05, 0) is 30.5 Å². The van der Waals surface area contributed by atoms with Crippen LogP contribution in [-0.2, 0) is 16.9 Å². The van der Waals surface area contributed by atoms with Gasteiger partial charge in [0, 0.05) is 4.88 Å². The third-order valence-electron chi connectivity index (χ3n) is 3.73. The standard InChI is InChI=1S/C17H17N3O3S/c1-17(23,14-7-4-8-24-14)10-18-15(21)9-20-11-19-13-6-3-2-5-12(13)16(20)22/h2-8,11,23H,9-10H2,1H3,(H,18,21). The molecule has 0 aliphatic rings. The number of hydrogen-bond acceptors (Lipinski definition) is 5. The maximum absolute atomic E-state index is 12.3. The Hall–Kier alpha value is -2.51. The molecule has 2 aromatic heterocycles. The molecule has 1 unspecified atom stereocenters. The third-order valence-corrected chi connectivity index (χ3v) is 4.85. The molecule has 3 aromatic rings. The van der Waals surface area contributed by atoms with Crippen molar-refractivity contribution in [1.82, 2.24) is 14.9 Å². The Labute approximate surface area is 142 Å². The zero-order valence-electron chi connectivity index (χ0n) is 13.1. The molecule has 0 fully saturated rings. The summed E-state index contributed by atoms with van der Waals surface area (Å²) in [5, 5.41) is 15.4. The second-order valence-electron chi connectivity index (χ2n) is 5.72. The van der Waals surface area contributed by atoms with E-state index in [9.17, 15) is 14.7 Å². The van der Waals surface area contributed by atoms with Gasteiger partial charge in [0.15, 0.2) is 0 Å². The Morgan fingerprint density at radius 3 is 2.88 bits per heavy atom. The first-order chi connectivity index (χ1) is 11.5.